The number of hydrogen-bond acceptors (Lipinski definition) is 4. The van der Waals surface area contributed by atoms with E-state index in [4.69, 9.17) is 14.2 Å². The van der Waals surface area contributed by atoms with Crippen molar-refractivity contribution in [2.45, 2.75) is 97.9 Å². The van der Waals surface area contributed by atoms with E-state index in [9.17, 15) is 5.11 Å². The first-order valence-electron chi connectivity index (χ1n) is 14.1. The number of ether oxygens (including phenoxy) is 3. The van der Waals surface area contributed by atoms with Crippen molar-refractivity contribution >= 4 is 6.08 Å². The molecule has 1 aliphatic rings. The Bertz CT molecular complexity index is 1050. The fraction of sp³-hybridized carbons (Fsp3) is 0.576. The lowest BCUT2D eigenvalue weighted by atomic mass is 9.70. The van der Waals surface area contributed by atoms with Crippen LogP contribution in [0, 0.1) is 19.8 Å². The third kappa shape index (κ3) is 6.85. The molecule has 0 spiro atoms. The van der Waals surface area contributed by atoms with Crippen LogP contribution in [0.4, 0.5) is 0 Å². The van der Waals surface area contributed by atoms with Crippen molar-refractivity contribution in [3.05, 3.63) is 70.3 Å². The van der Waals surface area contributed by atoms with Crippen molar-refractivity contribution in [3.63, 3.8) is 0 Å². The highest BCUT2D eigenvalue weighted by molar-refractivity contribution is 5.57. The zero-order valence-electron chi connectivity index (χ0n) is 24.3. The van der Waals surface area contributed by atoms with Crippen LogP contribution in [0.2, 0.25) is 0 Å². The van der Waals surface area contributed by atoms with E-state index in [1.807, 2.05) is 33.8 Å². The quantitative estimate of drug-likeness (QED) is 0.337. The first-order valence-corrected chi connectivity index (χ1v) is 14.1. The summed E-state index contributed by atoms with van der Waals surface area (Å²) in [5.41, 5.74) is 5.38. The molecule has 1 aliphatic heterocycles. The largest absolute Gasteiger partial charge is 0.493 e. The summed E-state index contributed by atoms with van der Waals surface area (Å²) in [5, 5.41) is 10.7. The van der Waals surface area contributed by atoms with Crippen LogP contribution in [0.1, 0.15) is 95.0 Å². The van der Waals surface area contributed by atoms with Gasteiger partial charge in [0.2, 0.25) is 0 Å². The molecule has 2 aromatic rings. The van der Waals surface area contributed by atoms with Gasteiger partial charge in [0, 0.05) is 11.3 Å². The molecule has 3 rings (SSSR count). The maximum Gasteiger partial charge on any atom is 0.162 e. The highest BCUT2D eigenvalue weighted by atomic mass is 16.7. The summed E-state index contributed by atoms with van der Waals surface area (Å²) in [5.74, 6) is 0.656. The van der Waals surface area contributed by atoms with Crippen LogP contribution in [-0.4, -0.2) is 36.3 Å². The average molecular weight is 509 g/mol. The van der Waals surface area contributed by atoms with Crippen molar-refractivity contribution < 1.29 is 19.3 Å². The van der Waals surface area contributed by atoms with E-state index < -0.39 is 11.4 Å². The molecule has 1 fully saturated rings. The molecule has 1 N–H and O–H groups in total. The third-order valence-electron chi connectivity index (χ3n) is 8.36. The molecule has 0 bridgehead atoms. The standard InChI is InChI=1S/C33H48O4/c1-9-32(34,10-2)18-17-27-13-14-28(19-24(27)5)33(11-3,12-4)29-15-16-30(25(6)20-29)35-21-26-22-36-31(7,8)37-23-26/h13-20,26,34H,9-12,21-23H2,1-8H3/b18-17+. The third-order valence-corrected chi connectivity index (χ3v) is 8.36. The van der Waals surface area contributed by atoms with Crippen LogP contribution < -0.4 is 4.74 Å². The lowest BCUT2D eigenvalue weighted by molar-refractivity contribution is -0.264. The normalized spacial score (nSPS) is 16.9. The van der Waals surface area contributed by atoms with E-state index in [1.165, 1.54) is 16.7 Å². The molecule has 2 aromatic carbocycles. The first kappa shape index (κ1) is 29.4. The number of hydrogen-bond donors (Lipinski definition) is 1. The summed E-state index contributed by atoms with van der Waals surface area (Å²) < 4.78 is 17.8. The highest BCUT2D eigenvalue weighted by Crippen LogP contribution is 2.41. The van der Waals surface area contributed by atoms with Crippen LogP contribution in [0.15, 0.2) is 42.5 Å². The molecular weight excluding hydrogens is 460 g/mol. The molecular formula is C33H48O4. The smallest absolute Gasteiger partial charge is 0.162 e. The van der Waals surface area contributed by atoms with Crippen LogP contribution in [-0.2, 0) is 14.9 Å². The van der Waals surface area contributed by atoms with Crippen LogP contribution in [0.3, 0.4) is 0 Å². The minimum absolute atomic E-state index is 0.0689. The predicted octanol–water partition coefficient (Wildman–Crippen LogP) is 7.75. The first-order chi connectivity index (χ1) is 17.5. The van der Waals surface area contributed by atoms with Gasteiger partial charge in [0.25, 0.3) is 0 Å². The van der Waals surface area contributed by atoms with Gasteiger partial charge in [-0.05, 0) is 87.3 Å². The van der Waals surface area contributed by atoms with Crippen molar-refractivity contribution in [2.24, 2.45) is 5.92 Å². The van der Waals surface area contributed by atoms with Gasteiger partial charge in [-0.2, -0.15) is 0 Å². The van der Waals surface area contributed by atoms with Gasteiger partial charge in [0.1, 0.15) is 5.75 Å². The van der Waals surface area contributed by atoms with Crippen LogP contribution in [0.25, 0.3) is 6.08 Å². The number of benzene rings is 2. The molecule has 0 saturated carbocycles. The summed E-state index contributed by atoms with van der Waals surface area (Å²) in [4.78, 5) is 0. The van der Waals surface area contributed by atoms with Crippen LogP contribution >= 0.6 is 0 Å². The molecule has 0 unspecified atom stereocenters. The van der Waals surface area contributed by atoms with Gasteiger partial charge in [-0.15, -0.1) is 0 Å². The molecule has 4 nitrogen and oxygen atoms in total. The maximum atomic E-state index is 10.7. The number of aryl methyl sites for hydroxylation is 2. The zero-order valence-corrected chi connectivity index (χ0v) is 24.3. The van der Waals surface area contributed by atoms with Gasteiger partial charge in [-0.3, -0.25) is 0 Å². The molecule has 0 radical (unpaired) electrons. The lowest BCUT2D eigenvalue weighted by Crippen LogP contribution is -2.41. The number of aliphatic hydroxyl groups is 1. The Morgan fingerprint density at radius 1 is 0.892 bits per heavy atom. The van der Waals surface area contributed by atoms with Gasteiger partial charge >= 0.3 is 0 Å². The van der Waals surface area contributed by atoms with E-state index in [-0.39, 0.29) is 11.3 Å². The Labute approximate surface area is 225 Å². The topological polar surface area (TPSA) is 47.9 Å². The Morgan fingerprint density at radius 3 is 1.97 bits per heavy atom. The monoisotopic (exact) mass is 508 g/mol. The lowest BCUT2D eigenvalue weighted by Gasteiger charge is -2.35. The van der Waals surface area contributed by atoms with Gasteiger partial charge in [-0.1, -0.05) is 70.2 Å². The summed E-state index contributed by atoms with van der Waals surface area (Å²) in [6.45, 7) is 18.7. The Morgan fingerprint density at radius 2 is 1.46 bits per heavy atom. The predicted molar refractivity (Wildman–Crippen MR) is 153 cm³/mol. The molecule has 0 atom stereocenters. The molecule has 0 aromatic heterocycles. The Balaban J connectivity index is 1.81. The summed E-state index contributed by atoms with van der Waals surface area (Å²) in [7, 11) is 0. The number of rotatable bonds is 11. The molecule has 37 heavy (non-hydrogen) atoms. The second kappa shape index (κ2) is 12.1. The van der Waals surface area contributed by atoms with E-state index in [0.29, 0.717) is 32.7 Å². The van der Waals surface area contributed by atoms with E-state index in [2.05, 4.69) is 70.2 Å². The van der Waals surface area contributed by atoms with Gasteiger partial charge < -0.3 is 19.3 Å². The fourth-order valence-corrected chi connectivity index (χ4v) is 5.26. The summed E-state index contributed by atoms with van der Waals surface area (Å²) in [6, 6.07) is 13.4. The highest BCUT2D eigenvalue weighted by Gasteiger charge is 2.32. The Hall–Kier alpha value is -2.14. The fourth-order valence-electron chi connectivity index (χ4n) is 5.26. The van der Waals surface area contributed by atoms with E-state index in [1.54, 1.807) is 0 Å². The van der Waals surface area contributed by atoms with E-state index in [0.717, 1.165) is 29.7 Å². The molecule has 204 valence electrons. The molecule has 0 aliphatic carbocycles. The van der Waals surface area contributed by atoms with Crippen LogP contribution in [0.5, 0.6) is 5.75 Å². The van der Waals surface area contributed by atoms with Gasteiger partial charge in [0.05, 0.1) is 25.4 Å². The second-order valence-corrected chi connectivity index (χ2v) is 11.2. The average Bonchev–Trinajstić information content (AvgIpc) is 2.89. The zero-order chi connectivity index (χ0) is 27.3. The van der Waals surface area contributed by atoms with Crippen molar-refractivity contribution in [3.8, 4) is 5.75 Å². The minimum atomic E-state index is -0.739. The maximum absolute atomic E-state index is 10.7. The Kier molecular flexibility index (Phi) is 9.66. The SMILES string of the molecule is CCC(O)(/C=C/c1ccc(C(CC)(CC)c2ccc(OCC3COC(C)(C)OC3)c(C)c2)cc1C)CC. The second-order valence-electron chi connectivity index (χ2n) is 11.2. The molecule has 4 heteroatoms. The van der Waals surface area contributed by atoms with Gasteiger partial charge in [-0.25, -0.2) is 0 Å². The van der Waals surface area contributed by atoms with Crippen molar-refractivity contribution in [2.75, 3.05) is 19.8 Å². The molecule has 1 heterocycles. The summed E-state index contributed by atoms with van der Waals surface area (Å²) in [6.07, 6.45) is 7.48. The molecule has 0 amide bonds. The van der Waals surface area contributed by atoms with E-state index >= 15 is 0 Å². The summed E-state index contributed by atoms with van der Waals surface area (Å²) >= 11 is 0. The minimum Gasteiger partial charge on any atom is -0.493 e. The van der Waals surface area contributed by atoms with Crippen molar-refractivity contribution in [1.82, 2.24) is 0 Å². The van der Waals surface area contributed by atoms with Gasteiger partial charge in [0.15, 0.2) is 5.79 Å². The molecule has 1 saturated heterocycles. The van der Waals surface area contributed by atoms with Crippen molar-refractivity contribution in [1.29, 1.82) is 0 Å².